The third kappa shape index (κ3) is 3.07. The van der Waals surface area contributed by atoms with Crippen LogP contribution in [-0.4, -0.2) is 42.2 Å². The van der Waals surface area contributed by atoms with Gasteiger partial charge in [0.1, 0.15) is 0 Å². The van der Waals surface area contributed by atoms with Crippen LogP contribution >= 0.6 is 0 Å². The quantitative estimate of drug-likeness (QED) is 0.712. The number of hydrogen-bond donors (Lipinski definition) is 3. The van der Waals surface area contributed by atoms with E-state index >= 15 is 0 Å². The molecule has 4 heteroatoms. The molecule has 2 rings (SSSR count). The van der Waals surface area contributed by atoms with E-state index in [0.717, 1.165) is 25.9 Å². The SMILES string of the molecule is CC(C)(C)C(=O)[C@@H]1NCC1CC(C)(C)C(O)C1CCN1. The highest BCUT2D eigenvalue weighted by Crippen LogP contribution is 2.37. The van der Waals surface area contributed by atoms with E-state index in [1.54, 1.807) is 0 Å². The van der Waals surface area contributed by atoms with Crippen molar-refractivity contribution in [2.24, 2.45) is 16.7 Å². The molecule has 2 heterocycles. The first-order valence-corrected chi connectivity index (χ1v) is 7.82. The smallest absolute Gasteiger partial charge is 0.155 e. The van der Waals surface area contributed by atoms with E-state index in [4.69, 9.17) is 0 Å². The van der Waals surface area contributed by atoms with Crippen LogP contribution in [0.2, 0.25) is 0 Å². The van der Waals surface area contributed by atoms with Gasteiger partial charge in [-0.3, -0.25) is 4.79 Å². The number of aliphatic hydroxyl groups is 1. The zero-order valence-electron chi connectivity index (χ0n) is 13.5. The van der Waals surface area contributed by atoms with Crippen molar-refractivity contribution in [3.63, 3.8) is 0 Å². The average molecular weight is 282 g/mol. The van der Waals surface area contributed by atoms with Gasteiger partial charge in [-0.1, -0.05) is 34.6 Å². The number of ketones is 1. The molecule has 20 heavy (non-hydrogen) atoms. The van der Waals surface area contributed by atoms with Crippen molar-refractivity contribution in [2.45, 2.75) is 65.6 Å². The Bertz CT molecular complexity index is 369. The summed E-state index contributed by atoms with van der Waals surface area (Å²) in [4.78, 5) is 12.4. The summed E-state index contributed by atoms with van der Waals surface area (Å²) in [7, 11) is 0. The van der Waals surface area contributed by atoms with E-state index in [9.17, 15) is 9.90 Å². The number of hydrogen-bond acceptors (Lipinski definition) is 4. The highest BCUT2D eigenvalue weighted by Gasteiger charge is 2.45. The van der Waals surface area contributed by atoms with Gasteiger partial charge >= 0.3 is 0 Å². The first kappa shape index (κ1) is 15.9. The van der Waals surface area contributed by atoms with Crippen molar-refractivity contribution < 1.29 is 9.90 Å². The molecule has 2 saturated heterocycles. The Morgan fingerprint density at radius 2 is 1.85 bits per heavy atom. The summed E-state index contributed by atoms with van der Waals surface area (Å²) in [6.45, 7) is 12.1. The molecular weight excluding hydrogens is 252 g/mol. The maximum atomic E-state index is 12.4. The number of rotatable bonds is 5. The van der Waals surface area contributed by atoms with E-state index in [-0.39, 0.29) is 29.0 Å². The van der Waals surface area contributed by atoms with Crippen LogP contribution in [-0.2, 0) is 4.79 Å². The van der Waals surface area contributed by atoms with Gasteiger partial charge in [0.15, 0.2) is 5.78 Å². The summed E-state index contributed by atoms with van der Waals surface area (Å²) in [6, 6.07) is 0.200. The van der Waals surface area contributed by atoms with Crippen LogP contribution in [0.3, 0.4) is 0 Å². The zero-order chi connectivity index (χ0) is 15.1. The monoisotopic (exact) mass is 282 g/mol. The second-order valence-electron chi connectivity index (χ2n) is 8.25. The third-order valence-electron chi connectivity index (χ3n) is 4.92. The lowest BCUT2D eigenvalue weighted by molar-refractivity contribution is -0.133. The Morgan fingerprint density at radius 3 is 2.20 bits per heavy atom. The Labute approximate surface area is 122 Å². The minimum absolute atomic E-state index is 0.0316. The Morgan fingerprint density at radius 1 is 1.25 bits per heavy atom. The molecular formula is C16H30N2O2. The van der Waals surface area contributed by atoms with Gasteiger partial charge in [-0.25, -0.2) is 0 Å². The molecule has 0 aromatic heterocycles. The third-order valence-corrected chi connectivity index (χ3v) is 4.92. The van der Waals surface area contributed by atoms with E-state index in [2.05, 4.69) is 24.5 Å². The largest absolute Gasteiger partial charge is 0.391 e. The number of Topliss-reactive ketones (excluding diaryl/α,β-unsaturated/α-hetero) is 1. The van der Waals surface area contributed by atoms with Gasteiger partial charge in [-0.15, -0.1) is 0 Å². The summed E-state index contributed by atoms with van der Waals surface area (Å²) >= 11 is 0. The predicted molar refractivity (Wildman–Crippen MR) is 80.6 cm³/mol. The number of carbonyl (C=O) groups is 1. The van der Waals surface area contributed by atoms with Gasteiger partial charge in [0.05, 0.1) is 12.1 Å². The van der Waals surface area contributed by atoms with Gasteiger partial charge in [-0.05, 0) is 30.7 Å². The van der Waals surface area contributed by atoms with Crippen LogP contribution < -0.4 is 10.6 Å². The molecule has 3 N–H and O–H groups in total. The van der Waals surface area contributed by atoms with E-state index in [1.165, 1.54) is 0 Å². The zero-order valence-corrected chi connectivity index (χ0v) is 13.5. The van der Waals surface area contributed by atoms with Gasteiger partial charge in [0, 0.05) is 18.0 Å². The molecule has 4 atom stereocenters. The van der Waals surface area contributed by atoms with Gasteiger partial charge in [-0.2, -0.15) is 0 Å². The summed E-state index contributed by atoms with van der Waals surface area (Å²) in [5.74, 6) is 0.646. The van der Waals surface area contributed by atoms with Gasteiger partial charge < -0.3 is 15.7 Å². The first-order chi connectivity index (χ1) is 9.13. The molecule has 116 valence electrons. The highest BCUT2D eigenvalue weighted by atomic mass is 16.3. The molecule has 0 bridgehead atoms. The fourth-order valence-corrected chi connectivity index (χ4v) is 3.29. The van der Waals surface area contributed by atoms with Crippen molar-refractivity contribution in [3.05, 3.63) is 0 Å². The summed E-state index contributed by atoms with van der Waals surface area (Å²) < 4.78 is 0. The van der Waals surface area contributed by atoms with E-state index in [1.807, 2.05) is 20.8 Å². The highest BCUT2D eigenvalue weighted by molar-refractivity contribution is 5.89. The fourth-order valence-electron chi connectivity index (χ4n) is 3.29. The Balaban J connectivity index is 1.94. The van der Waals surface area contributed by atoms with Crippen LogP contribution in [0.1, 0.15) is 47.5 Å². The second kappa shape index (κ2) is 5.39. The average Bonchev–Trinajstić information content (AvgIpc) is 2.20. The molecule has 0 aliphatic carbocycles. The van der Waals surface area contributed by atoms with Crippen molar-refractivity contribution >= 4 is 5.78 Å². The van der Waals surface area contributed by atoms with Gasteiger partial charge in [0.2, 0.25) is 0 Å². The Hall–Kier alpha value is -0.450. The molecule has 0 amide bonds. The topological polar surface area (TPSA) is 61.4 Å². The van der Waals surface area contributed by atoms with E-state index in [0.29, 0.717) is 11.7 Å². The maximum Gasteiger partial charge on any atom is 0.155 e. The first-order valence-electron chi connectivity index (χ1n) is 7.82. The fraction of sp³-hybridized carbons (Fsp3) is 0.938. The van der Waals surface area contributed by atoms with Crippen molar-refractivity contribution in [2.75, 3.05) is 13.1 Å². The number of nitrogens with one attached hydrogen (secondary N) is 2. The molecule has 4 nitrogen and oxygen atoms in total. The molecule has 0 saturated carbocycles. The lowest BCUT2D eigenvalue weighted by Crippen LogP contribution is -2.62. The molecule has 0 spiro atoms. The Kier molecular flexibility index (Phi) is 4.30. The minimum Gasteiger partial charge on any atom is -0.391 e. The molecule has 2 aliphatic heterocycles. The lowest BCUT2D eigenvalue weighted by Gasteiger charge is -2.47. The van der Waals surface area contributed by atoms with Crippen LogP contribution in [0.25, 0.3) is 0 Å². The molecule has 0 radical (unpaired) electrons. The normalized spacial score (nSPS) is 32.2. The number of aliphatic hydroxyl groups excluding tert-OH is 1. The second-order valence-corrected chi connectivity index (χ2v) is 8.25. The molecule has 0 aromatic carbocycles. The molecule has 3 unspecified atom stereocenters. The van der Waals surface area contributed by atoms with Crippen LogP contribution in [0.15, 0.2) is 0 Å². The standard InChI is InChI=1S/C16H30N2O2/c1-15(2,3)14(20)12-10(9-18-12)8-16(4,5)13(19)11-6-7-17-11/h10-13,17-19H,6-9H2,1-5H3/t10?,11?,12-,13?/m1/s1. The molecule has 2 aliphatic rings. The van der Waals surface area contributed by atoms with Gasteiger partial charge in [0.25, 0.3) is 0 Å². The predicted octanol–water partition coefficient (Wildman–Crippen LogP) is 1.33. The van der Waals surface area contributed by atoms with Crippen molar-refractivity contribution in [1.82, 2.24) is 10.6 Å². The van der Waals surface area contributed by atoms with Crippen molar-refractivity contribution in [3.8, 4) is 0 Å². The van der Waals surface area contributed by atoms with Crippen LogP contribution in [0.4, 0.5) is 0 Å². The summed E-state index contributed by atoms with van der Waals surface area (Å²) in [6.07, 6.45) is 1.62. The summed E-state index contributed by atoms with van der Waals surface area (Å²) in [5.41, 5.74) is -0.449. The molecule has 0 aromatic rings. The van der Waals surface area contributed by atoms with Crippen LogP contribution in [0.5, 0.6) is 0 Å². The molecule has 2 fully saturated rings. The summed E-state index contributed by atoms with van der Waals surface area (Å²) in [5, 5.41) is 17.0. The minimum atomic E-state index is -0.331. The lowest BCUT2D eigenvalue weighted by atomic mass is 9.68. The van der Waals surface area contributed by atoms with Crippen LogP contribution in [0, 0.1) is 16.7 Å². The number of carbonyl (C=O) groups excluding carboxylic acids is 1. The van der Waals surface area contributed by atoms with E-state index < -0.39 is 0 Å². The van der Waals surface area contributed by atoms with Crippen molar-refractivity contribution in [1.29, 1.82) is 0 Å². The maximum absolute atomic E-state index is 12.4.